The van der Waals surface area contributed by atoms with E-state index in [4.69, 9.17) is 4.74 Å². The van der Waals surface area contributed by atoms with Crippen molar-refractivity contribution in [1.29, 1.82) is 0 Å². The summed E-state index contributed by atoms with van der Waals surface area (Å²) < 4.78 is 41.1. The largest absolute Gasteiger partial charge is 0.390 e. The second kappa shape index (κ2) is 4.98. The van der Waals surface area contributed by atoms with Crippen LogP contribution in [0.2, 0.25) is 0 Å². The first-order chi connectivity index (χ1) is 6.47. The Bertz CT molecular complexity index is 166. The van der Waals surface area contributed by atoms with E-state index in [9.17, 15) is 13.2 Å². The van der Waals surface area contributed by atoms with Gasteiger partial charge in [0.05, 0.1) is 13.0 Å². The average molecular weight is 211 g/mol. The normalized spacial score (nSPS) is 26.1. The minimum Gasteiger partial charge on any atom is -0.380 e. The van der Waals surface area contributed by atoms with Gasteiger partial charge in [-0.05, 0) is 19.8 Å². The number of hydrogen-bond donors (Lipinski definition) is 1. The Balaban J connectivity index is 2.21. The van der Waals surface area contributed by atoms with Gasteiger partial charge in [-0.25, -0.2) is 0 Å². The lowest BCUT2D eigenvalue weighted by atomic mass is 10.1. The molecule has 0 aliphatic carbocycles. The van der Waals surface area contributed by atoms with Gasteiger partial charge in [0, 0.05) is 18.7 Å². The van der Waals surface area contributed by atoms with Crippen molar-refractivity contribution in [2.45, 2.75) is 44.4 Å². The topological polar surface area (TPSA) is 21.3 Å². The number of hydrogen-bond acceptors (Lipinski definition) is 2. The molecule has 5 heteroatoms. The molecule has 2 atom stereocenters. The molecule has 1 rings (SSSR count). The summed E-state index contributed by atoms with van der Waals surface area (Å²) in [6, 6.07) is -0.442. The Kier molecular flexibility index (Phi) is 4.19. The molecule has 0 radical (unpaired) electrons. The Morgan fingerprint density at radius 1 is 1.50 bits per heavy atom. The zero-order valence-corrected chi connectivity index (χ0v) is 8.23. The van der Waals surface area contributed by atoms with Crippen molar-refractivity contribution in [1.82, 2.24) is 5.32 Å². The van der Waals surface area contributed by atoms with Crippen LogP contribution in [-0.4, -0.2) is 31.5 Å². The van der Waals surface area contributed by atoms with Crippen LogP contribution in [0.15, 0.2) is 0 Å². The van der Waals surface area contributed by atoms with Crippen molar-refractivity contribution in [3.8, 4) is 0 Å². The van der Waals surface area contributed by atoms with Gasteiger partial charge in [-0.2, -0.15) is 13.2 Å². The van der Waals surface area contributed by atoms with Gasteiger partial charge < -0.3 is 10.1 Å². The summed E-state index contributed by atoms with van der Waals surface area (Å²) in [5.41, 5.74) is 0. The molecule has 0 aromatic carbocycles. The Labute approximate surface area is 81.8 Å². The summed E-state index contributed by atoms with van der Waals surface area (Å²) in [5.74, 6) is 0. The predicted molar refractivity (Wildman–Crippen MR) is 47.1 cm³/mol. The van der Waals surface area contributed by atoms with Crippen LogP contribution < -0.4 is 5.32 Å². The standard InChI is InChI=1S/C9H16F3NO/c1-7(5-9(10,11)12)13-8-3-2-4-14-6-8/h7-8,13H,2-6H2,1H3. The number of rotatable bonds is 3. The first kappa shape index (κ1) is 11.8. The molecule has 1 aliphatic heterocycles. The number of nitrogens with one attached hydrogen (secondary N) is 1. The monoisotopic (exact) mass is 211 g/mol. The van der Waals surface area contributed by atoms with Crippen LogP contribution in [-0.2, 0) is 4.74 Å². The molecule has 0 aromatic heterocycles. The molecule has 14 heavy (non-hydrogen) atoms. The minimum absolute atomic E-state index is 0.0844. The highest BCUT2D eigenvalue weighted by Gasteiger charge is 2.30. The highest BCUT2D eigenvalue weighted by atomic mass is 19.4. The molecule has 1 heterocycles. The van der Waals surface area contributed by atoms with Crippen LogP contribution in [0, 0.1) is 0 Å². The van der Waals surface area contributed by atoms with Crippen LogP contribution >= 0.6 is 0 Å². The van der Waals surface area contributed by atoms with E-state index in [1.807, 2.05) is 0 Å². The average Bonchev–Trinajstić information content (AvgIpc) is 2.02. The van der Waals surface area contributed by atoms with Crippen molar-refractivity contribution >= 4 is 0 Å². The minimum atomic E-state index is -4.08. The van der Waals surface area contributed by atoms with E-state index >= 15 is 0 Å². The molecule has 0 amide bonds. The fourth-order valence-corrected chi connectivity index (χ4v) is 1.68. The van der Waals surface area contributed by atoms with Gasteiger partial charge in [0.1, 0.15) is 0 Å². The van der Waals surface area contributed by atoms with Crippen molar-refractivity contribution < 1.29 is 17.9 Å². The summed E-state index contributed by atoms with van der Waals surface area (Å²) in [5, 5.41) is 2.93. The summed E-state index contributed by atoms with van der Waals surface area (Å²) >= 11 is 0. The maximum atomic E-state index is 12.0. The second-order valence-electron chi connectivity index (χ2n) is 3.80. The van der Waals surface area contributed by atoms with Gasteiger partial charge in [-0.1, -0.05) is 0 Å². The van der Waals surface area contributed by atoms with Crippen LogP contribution in [0.4, 0.5) is 13.2 Å². The van der Waals surface area contributed by atoms with Gasteiger partial charge in [0.2, 0.25) is 0 Å². The summed E-state index contributed by atoms with van der Waals surface area (Å²) in [6.07, 6.45) is -3.02. The third-order valence-electron chi connectivity index (χ3n) is 2.22. The van der Waals surface area contributed by atoms with Crippen LogP contribution in [0.1, 0.15) is 26.2 Å². The van der Waals surface area contributed by atoms with Crippen molar-refractivity contribution in [3.63, 3.8) is 0 Å². The van der Waals surface area contributed by atoms with Gasteiger partial charge >= 0.3 is 6.18 Å². The lowest BCUT2D eigenvalue weighted by Crippen LogP contribution is -2.43. The number of ether oxygens (including phenoxy) is 1. The lowest BCUT2D eigenvalue weighted by Gasteiger charge is -2.27. The van der Waals surface area contributed by atoms with Gasteiger partial charge in [-0.3, -0.25) is 0 Å². The molecule has 0 aromatic rings. The van der Waals surface area contributed by atoms with Crippen molar-refractivity contribution in [3.05, 3.63) is 0 Å². The second-order valence-corrected chi connectivity index (χ2v) is 3.80. The van der Waals surface area contributed by atoms with Crippen molar-refractivity contribution in [2.24, 2.45) is 0 Å². The first-order valence-electron chi connectivity index (χ1n) is 4.88. The van der Waals surface area contributed by atoms with Gasteiger partial charge in [0.15, 0.2) is 0 Å². The third-order valence-corrected chi connectivity index (χ3v) is 2.22. The smallest absolute Gasteiger partial charge is 0.380 e. The first-order valence-corrected chi connectivity index (χ1v) is 4.88. The highest BCUT2D eigenvalue weighted by molar-refractivity contribution is 4.75. The quantitative estimate of drug-likeness (QED) is 0.771. The predicted octanol–water partition coefficient (Wildman–Crippen LogP) is 2.10. The molecule has 0 saturated carbocycles. The summed E-state index contributed by atoms with van der Waals surface area (Å²) in [6.45, 7) is 2.82. The number of halogens is 3. The van der Waals surface area contributed by atoms with E-state index in [1.165, 1.54) is 0 Å². The Hall–Kier alpha value is -0.290. The molecule has 84 valence electrons. The van der Waals surface area contributed by atoms with Crippen molar-refractivity contribution in [2.75, 3.05) is 13.2 Å². The molecule has 1 saturated heterocycles. The molecule has 2 nitrogen and oxygen atoms in total. The van der Waals surface area contributed by atoms with E-state index in [2.05, 4.69) is 5.32 Å². The zero-order valence-electron chi connectivity index (χ0n) is 8.23. The zero-order chi connectivity index (χ0) is 10.6. The van der Waals surface area contributed by atoms with Crippen LogP contribution in [0.3, 0.4) is 0 Å². The molecule has 1 N–H and O–H groups in total. The van der Waals surface area contributed by atoms with E-state index in [0.29, 0.717) is 6.61 Å². The van der Waals surface area contributed by atoms with E-state index in [0.717, 1.165) is 19.4 Å². The Morgan fingerprint density at radius 2 is 2.21 bits per heavy atom. The molecule has 0 spiro atoms. The summed E-state index contributed by atoms with van der Waals surface area (Å²) in [4.78, 5) is 0. The fraction of sp³-hybridized carbons (Fsp3) is 1.00. The third kappa shape index (κ3) is 4.81. The molecular weight excluding hydrogens is 195 g/mol. The van der Waals surface area contributed by atoms with Crippen LogP contribution in [0.5, 0.6) is 0 Å². The van der Waals surface area contributed by atoms with Gasteiger partial charge in [0.25, 0.3) is 0 Å². The van der Waals surface area contributed by atoms with E-state index in [-0.39, 0.29) is 6.04 Å². The maximum absolute atomic E-state index is 12.0. The molecule has 1 aliphatic rings. The lowest BCUT2D eigenvalue weighted by molar-refractivity contribution is -0.139. The SMILES string of the molecule is CC(CC(F)(F)F)NC1CCCOC1. The number of alkyl halides is 3. The summed E-state index contributed by atoms with van der Waals surface area (Å²) in [7, 11) is 0. The van der Waals surface area contributed by atoms with E-state index < -0.39 is 18.6 Å². The molecule has 0 bridgehead atoms. The molecular formula is C9H16F3NO. The highest BCUT2D eigenvalue weighted by Crippen LogP contribution is 2.21. The van der Waals surface area contributed by atoms with Gasteiger partial charge in [-0.15, -0.1) is 0 Å². The fourth-order valence-electron chi connectivity index (χ4n) is 1.68. The molecule has 1 fully saturated rings. The van der Waals surface area contributed by atoms with Crippen LogP contribution in [0.25, 0.3) is 0 Å². The molecule has 2 unspecified atom stereocenters. The maximum Gasteiger partial charge on any atom is 0.390 e. The Morgan fingerprint density at radius 3 is 2.71 bits per heavy atom. The van der Waals surface area contributed by atoms with E-state index in [1.54, 1.807) is 6.92 Å².